The summed E-state index contributed by atoms with van der Waals surface area (Å²) in [6.45, 7) is 1.28. The number of nitrogens with zero attached hydrogens (tertiary/aromatic N) is 2. The number of carboxylic acid groups (broad SMARTS) is 1. The topological polar surface area (TPSA) is 186 Å². The smallest absolute Gasteiger partial charge is 0.326 e. The molecule has 2 aliphatic rings. The lowest BCUT2D eigenvalue weighted by atomic mass is 9.92. The summed E-state index contributed by atoms with van der Waals surface area (Å²) >= 11 is 0. The Bertz CT molecular complexity index is 1370. The summed E-state index contributed by atoms with van der Waals surface area (Å²) < 4.78 is 27.4. The molecule has 41 heavy (non-hydrogen) atoms. The molecule has 2 heterocycles. The fraction of sp³-hybridized carbons (Fsp3) is 0.429. The number of nitrogens with one attached hydrogen (secondary N) is 3. The maximum absolute atomic E-state index is 13.1. The Hall–Kier alpha value is -3.97. The molecule has 3 atom stereocenters. The van der Waals surface area contributed by atoms with Crippen molar-refractivity contribution in [2.75, 3.05) is 24.5 Å². The highest BCUT2D eigenvalue weighted by Gasteiger charge is 2.40. The second kappa shape index (κ2) is 13.1. The van der Waals surface area contributed by atoms with Crippen LogP contribution in [0.4, 0.5) is 5.69 Å². The van der Waals surface area contributed by atoms with E-state index >= 15 is 0 Å². The Morgan fingerprint density at radius 2 is 1.78 bits per heavy atom. The lowest BCUT2D eigenvalue weighted by molar-refractivity contribution is -0.142. The molecule has 12 nitrogen and oxygen atoms in total. The number of amides is 2. The van der Waals surface area contributed by atoms with E-state index in [1.165, 1.54) is 12.1 Å². The van der Waals surface area contributed by atoms with E-state index in [-0.39, 0.29) is 35.6 Å². The summed E-state index contributed by atoms with van der Waals surface area (Å²) in [7, 11) is -3.90. The van der Waals surface area contributed by atoms with Crippen LogP contribution in [0.1, 0.15) is 37.7 Å². The van der Waals surface area contributed by atoms with Crippen LogP contribution in [-0.4, -0.2) is 73.3 Å². The molecule has 4 rings (SSSR count). The molecule has 0 radical (unpaired) electrons. The second-order valence-electron chi connectivity index (χ2n) is 10.4. The summed E-state index contributed by atoms with van der Waals surface area (Å²) in [4.78, 5) is 39.7. The number of guanidine groups is 1. The SMILES string of the molecule is N=C(N)NCCC1CCN(c2ccc(C[C@H](NC(=O)[C@@H]3CCCN3S(=O)(=O)c3ccccc3)C(=O)O)cc2)C(=O)C1. The van der Waals surface area contributed by atoms with E-state index in [0.717, 1.165) is 17.1 Å². The minimum atomic E-state index is -3.90. The van der Waals surface area contributed by atoms with E-state index in [2.05, 4.69) is 10.6 Å². The van der Waals surface area contributed by atoms with Crippen LogP contribution in [0.2, 0.25) is 0 Å². The number of hydrogen-bond donors (Lipinski definition) is 5. The molecule has 2 fully saturated rings. The van der Waals surface area contributed by atoms with Crippen LogP contribution in [0.3, 0.4) is 0 Å². The molecule has 13 heteroatoms. The number of sulfonamides is 1. The molecular formula is C28H36N6O6S. The van der Waals surface area contributed by atoms with Crippen molar-refractivity contribution in [3.8, 4) is 0 Å². The van der Waals surface area contributed by atoms with Crippen LogP contribution >= 0.6 is 0 Å². The number of hydrogen-bond acceptors (Lipinski definition) is 6. The fourth-order valence-corrected chi connectivity index (χ4v) is 7.04. The Kier molecular flexibility index (Phi) is 9.61. The highest BCUT2D eigenvalue weighted by atomic mass is 32.2. The standard InChI is InChI=1S/C28H36N6O6S/c29-28(30)31-14-12-20-13-16-33(25(35)18-20)21-10-8-19(9-11-21)17-23(27(37)38)32-26(36)24-7-4-15-34(24)41(39,40)22-5-2-1-3-6-22/h1-3,5-6,8-11,20,23-24H,4,7,12-18H2,(H,32,36)(H,37,38)(H4,29,30,31)/t20?,23-,24-/m0/s1. The van der Waals surface area contributed by atoms with Crippen LogP contribution < -0.4 is 21.3 Å². The average molecular weight is 585 g/mol. The molecule has 0 spiro atoms. The zero-order valence-electron chi connectivity index (χ0n) is 22.7. The first-order valence-electron chi connectivity index (χ1n) is 13.6. The van der Waals surface area contributed by atoms with E-state index in [1.54, 1.807) is 47.4 Å². The number of nitrogens with two attached hydrogens (primary N) is 1. The van der Waals surface area contributed by atoms with Gasteiger partial charge in [-0.2, -0.15) is 4.31 Å². The second-order valence-corrected chi connectivity index (χ2v) is 12.3. The number of aliphatic carboxylic acids is 1. The molecule has 0 bridgehead atoms. The Labute approximate surface area is 239 Å². The number of carbonyl (C=O) groups is 3. The molecule has 2 aromatic rings. The van der Waals surface area contributed by atoms with Gasteiger partial charge in [-0.1, -0.05) is 30.3 Å². The molecule has 1 unspecified atom stereocenters. The molecule has 220 valence electrons. The van der Waals surface area contributed by atoms with E-state index < -0.39 is 34.0 Å². The van der Waals surface area contributed by atoms with Gasteiger partial charge >= 0.3 is 5.97 Å². The zero-order chi connectivity index (χ0) is 29.6. The fourth-order valence-electron chi connectivity index (χ4n) is 5.36. The highest BCUT2D eigenvalue weighted by molar-refractivity contribution is 7.89. The first-order valence-corrected chi connectivity index (χ1v) is 15.1. The van der Waals surface area contributed by atoms with Crippen LogP contribution in [0.25, 0.3) is 0 Å². The predicted octanol–water partition coefficient (Wildman–Crippen LogP) is 1.27. The average Bonchev–Trinajstić information content (AvgIpc) is 3.45. The first kappa shape index (κ1) is 30.0. The number of benzene rings is 2. The molecule has 6 N–H and O–H groups in total. The Morgan fingerprint density at radius 3 is 2.41 bits per heavy atom. The summed E-state index contributed by atoms with van der Waals surface area (Å²) in [5.74, 6) is -1.75. The van der Waals surface area contributed by atoms with Gasteiger partial charge in [0.05, 0.1) is 4.90 Å². The van der Waals surface area contributed by atoms with Gasteiger partial charge in [-0.25, -0.2) is 13.2 Å². The Morgan fingerprint density at radius 1 is 1.07 bits per heavy atom. The summed E-state index contributed by atoms with van der Waals surface area (Å²) in [5, 5.41) is 22.3. The van der Waals surface area contributed by atoms with E-state index in [4.69, 9.17) is 11.1 Å². The highest BCUT2D eigenvalue weighted by Crippen LogP contribution is 2.28. The van der Waals surface area contributed by atoms with Gasteiger partial charge in [-0.15, -0.1) is 0 Å². The molecule has 2 saturated heterocycles. The maximum Gasteiger partial charge on any atom is 0.326 e. The third-order valence-corrected chi connectivity index (χ3v) is 9.47. The lowest BCUT2D eigenvalue weighted by Gasteiger charge is -2.32. The third kappa shape index (κ3) is 7.41. The van der Waals surface area contributed by atoms with Gasteiger partial charge in [-0.3, -0.25) is 15.0 Å². The number of carbonyl (C=O) groups excluding carboxylic acids is 2. The van der Waals surface area contributed by atoms with Crippen LogP contribution in [0.15, 0.2) is 59.5 Å². The van der Waals surface area contributed by atoms with Crippen molar-refractivity contribution in [3.05, 3.63) is 60.2 Å². The van der Waals surface area contributed by atoms with Crippen molar-refractivity contribution in [1.82, 2.24) is 14.9 Å². The van der Waals surface area contributed by atoms with E-state index in [0.29, 0.717) is 43.6 Å². The summed E-state index contributed by atoms with van der Waals surface area (Å²) in [6, 6.07) is 12.6. The van der Waals surface area contributed by atoms with Crippen LogP contribution in [0, 0.1) is 11.3 Å². The summed E-state index contributed by atoms with van der Waals surface area (Å²) in [6.07, 6.45) is 2.76. The van der Waals surface area contributed by atoms with Crippen LogP contribution in [-0.2, 0) is 30.8 Å². The molecule has 2 aromatic carbocycles. The van der Waals surface area contributed by atoms with Crippen molar-refractivity contribution in [3.63, 3.8) is 0 Å². The van der Waals surface area contributed by atoms with E-state index in [9.17, 15) is 27.9 Å². The van der Waals surface area contributed by atoms with Gasteiger partial charge in [0.2, 0.25) is 21.8 Å². The van der Waals surface area contributed by atoms with Gasteiger partial charge in [0, 0.05) is 38.2 Å². The van der Waals surface area contributed by atoms with Crippen molar-refractivity contribution in [2.45, 2.75) is 55.5 Å². The minimum absolute atomic E-state index is 0.000858. The van der Waals surface area contributed by atoms with Gasteiger partial charge in [0.1, 0.15) is 12.1 Å². The minimum Gasteiger partial charge on any atom is -0.480 e. The first-order chi connectivity index (χ1) is 19.6. The molecule has 2 aliphatic heterocycles. The summed E-state index contributed by atoms with van der Waals surface area (Å²) in [5.41, 5.74) is 6.67. The molecule has 2 amide bonds. The largest absolute Gasteiger partial charge is 0.480 e. The van der Waals surface area contributed by atoms with Gasteiger partial charge < -0.3 is 26.4 Å². The van der Waals surface area contributed by atoms with Crippen molar-refractivity contribution in [2.24, 2.45) is 11.7 Å². The monoisotopic (exact) mass is 584 g/mol. The molecular weight excluding hydrogens is 548 g/mol. The number of piperidine rings is 1. The third-order valence-electron chi connectivity index (χ3n) is 7.55. The van der Waals surface area contributed by atoms with Gasteiger partial charge in [-0.05, 0) is 61.4 Å². The number of rotatable bonds is 11. The lowest BCUT2D eigenvalue weighted by Crippen LogP contribution is -2.51. The number of carboxylic acids is 1. The zero-order valence-corrected chi connectivity index (χ0v) is 23.5. The quantitative estimate of drug-likeness (QED) is 0.193. The van der Waals surface area contributed by atoms with Crippen molar-refractivity contribution in [1.29, 1.82) is 5.41 Å². The predicted molar refractivity (Wildman–Crippen MR) is 153 cm³/mol. The van der Waals surface area contributed by atoms with Gasteiger partial charge in [0.25, 0.3) is 0 Å². The molecule has 0 aromatic heterocycles. The molecule has 0 aliphatic carbocycles. The Balaban J connectivity index is 1.36. The number of anilines is 1. The maximum atomic E-state index is 13.1. The van der Waals surface area contributed by atoms with Crippen LogP contribution in [0.5, 0.6) is 0 Å². The molecule has 0 saturated carbocycles. The normalized spacial score (nSPS) is 20.4. The van der Waals surface area contributed by atoms with Gasteiger partial charge in [0.15, 0.2) is 5.96 Å². The van der Waals surface area contributed by atoms with Crippen molar-refractivity contribution >= 4 is 39.5 Å². The van der Waals surface area contributed by atoms with E-state index in [1.807, 2.05) is 0 Å². The van der Waals surface area contributed by atoms with Crippen molar-refractivity contribution < 1.29 is 27.9 Å².